The first-order valence-electron chi connectivity index (χ1n) is 6.42. The van der Waals surface area contributed by atoms with E-state index in [0.717, 1.165) is 17.9 Å². The molecule has 1 saturated carbocycles. The zero-order valence-corrected chi connectivity index (χ0v) is 10.2. The van der Waals surface area contributed by atoms with Crippen LogP contribution in [-0.4, -0.2) is 12.6 Å². The molecular weight excluding hydrogens is 170 g/mol. The first-order chi connectivity index (χ1) is 6.68. The van der Waals surface area contributed by atoms with Crippen molar-refractivity contribution in [2.24, 2.45) is 11.8 Å². The van der Waals surface area contributed by atoms with Gasteiger partial charge in [0.05, 0.1) is 0 Å². The summed E-state index contributed by atoms with van der Waals surface area (Å²) < 4.78 is 0. The summed E-state index contributed by atoms with van der Waals surface area (Å²) >= 11 is 0. The molecule has 0 aliphatic heterocycles. The van der Waals surface area contributed by atoms with Crippen molar-refractivity contribution in [1.29, 1.82) is 0 Å². The third kappa shape index (κ3) is 4.99. The fourth-order valence-electron chi connectivity index (χ4n) is 2.27. The molecule has 14 heavy (non-hydrogen) atoms. The zero-order chi connectivity index (χ0) is 10.4. The maximum atomic E-state index is 3.68. The predicted octanol–water partition coefficient (Wildman–Crippen LogP) is 3.59. The molecule has 0 amide bonds. The van der Waals surface area contributed by atoms with Gasteiger partial charge < -0.3 is 5.32 Å². The molecule has 1 aliphatic carbocycles. The number of hydrogen-bond donors (Lipinski definition) is 1. The monoisotopic (exact) mass is 197 g/mol. The van der Waals surface area contributed by atoms with E-state index in [0.29, 0.717) is 0 Å². The van der Waals surface area contributed by atoms with Crippen LogP contribution in [0.15, 0.2) is 0 Å². The number of hydrogen-bond acceptors (Lipinski definition) is 1. The molecule has 1 N–H and O–H groups in total. The summed E-state index contributed by atoms with van der Waals surface area (Å²) in [4.78, 5) is 0. The minimum Gasteiger partial charge on any atom is -0.314 e. The van der Waals surface area contributed by atoms with Crippen LogP contribution < -0.4 is 5.32 Å². The minimum atomic E-state index is 0.720. The van der Waals surface area contributed by atoms with Crippen LogP contribution >= 0.6 is 0 Å². The Hall–Kier alpha value is -0.0400. The Labute approximate surface area is 89.7 Å². The fourth-order valence-corrected chi connectivity index (χ4v) is 2.27. The summed E-state index contributed by atoms with van der Waals surface area (Å²) in [5.74, 6) is 1.84. The van der Waals surface area contributed by atoms with Gasteiger partial charge in [-0.1, -0.05) is 26.7 Å². The van der Waals surface area contributed by atoms with Gasteiger partial charge in [0.15, 0.2) is 0 Å². The molecule has 1 rings (SSSR count). The normalized spacial score (nSPS) is 20.6. The van der Waals surface area contributed by atoms with Crippen LogP contribution in [0.5, 0.6) is 0 Å². The summed E-state index contributed by atoms with van der Waals surface area (Å²) in [5.41, 5.74) is 0. The molecule has 84 valence electrons. The Kier molecular flexibility index (Phi) is 5.54. The highest BCUT2D eigenvalue weighted by atomic mass is 14.9. The highest BCUT2D eigenvalue weighted by Crippen LogP contribution is 2.23. The molecule has 0 aromatic rings. The van der Waals surface area contributed by atoms with Crippen LogP contribution in [0, 0.1) is 11.8 Å². The molecule has 1 nitrogen and oxygen atoms in total. The maximum Gasteiger partial charge on any atom is 0.00389 e. The average Bonchev–Trinajstić information content (AvgIpc) is 2.63. The van der Waals surface area contributed by atoms with Crippen LogP contribution in [0.3, 0.4) is 0 Å². The molecule has 0 heterocycles. The first-order valence-corrected chi connectivity index (χ1v) is 6.42. The molecule has 0 spiro atoms. The maximum absolute atomic E-state index is 3.68. The lowest BCUT2D eigenvalue weighted by molar-refractivity contribution is 0.407. The SMILES string of the molecule is CC(C)CCC(C)NCC1CCCC1. The van der Waals surface area contributed by atoms with Crippen molar-refractivity contribution in [3.8, 4) is 0 Å². The topological polar surface area (TPSA) is 12.0 Å². The fraction of sp³-hybridized carbons (Fsp3) is 1.00. The third-order valence-electron chi connectivity index (χ3n) is 3.41. The molecule has 1 fully saturated rings. The van der Waals surface area contributed by atoms with Gasteiger partial charge in [0.25, 0.3) is 0 Å². The highest BCUT2D eigenvalue weighted by Gasteiger charge is 2.15. The quantitative estimate of drug-likeness (QED) is 0.686. The van der Waals surface area contributed by atoms with Gasteiger partial charge in [-0.15, -0.1) is 0 Å². The molecular formula is C13H27N. The van der Waals surface area contributed by atoms with Crippen molar-refractivity contribution in [1.82, 2.24) is 5.32 Å². The van der Waals surface area contributed by atoms with Crippen LogP contribution in [0.25, 0.3) is 0 Å². The summed E-state index contributed by atoms with van der Waals surface area (Å²) in [6, 6.07) is 0.720. The Morgan fingerprint density at radius 2 is 1.71 bits per heavy atom. The van der Waals surface area contributed by atoms with E-state index in [1.165, 1.54) is 45.1 Å². The van der Waals surface area contributed by atoms with Gasteiger partial charge in [-0.25, -0.2) is 0 Å². The van der Waals surface area contributed by atoms with E-state index in [4.69, 9.17) is 0 Å². The van der Waals surface area contributed by atoms with Gasteiger partial charge in [0.2, 0.25) is 0 Å². The zero-order valence-electron chi connectivity index (χ0n) is 10.2. The van der Waals surface area contributed by atoms with Gasteiger partial charge >= 0.3 is 0 Å². The summed E-state index contributed by atoms with van der Waals surface area (Å²) in [6.07, 6.45) is 8.55. The second-order valence-electron chi connectivity index (χ2n) is 5.43. The van der Waals surface area contributed by atoms with E-state index in [1.54, 1.807) is 0 Å². The third-order valence-corrected chi connectivity index (χ3v) is 3.41. The van der Waals surface area contributed by atoms with Gasteiger partial charge in [0.1, 0.15) is 0 Å². The molecule has 0 bridgehead atoms. The Balaban J connectivity index is 1.99. The lowest BCUT2D eigenvalue weighted by Gasteiger charge is -2.17. The Bertz CT molecular complexity index is 136. The van der Waals surface area contributed by atoms with Crippen molar-refractivity contribution in [2.45, 2.75) is 65.3 Å². The molecule has 1 aliphatic rings. The van der Waals surface area contributed by atoms with Crippen LogP contribution in [0.4, 0.5) is 0 Å². The molecule has 0 radical (unpaired) electrons. The molecule has 0 saturated heterocycles. The van der Waals surface area contributed by atoms with Crippen molar-refractivity contribution in [3.63, 3.8) is 0 Å². The minimum absolute atomic E-state index is 0.720. The second kappa shape index (κ2) is 6.44. The summed E-state index contributed by atoms with van der Waals surface area (Å²) in [7, 11) is 0. The van der Waals surface area contributed by atoms with Crippen LogP contribution in [-0.2, 0) is 0 Å². The first kappa shape index (κ1) is 12.0. The standard InChI is InChI=1S/C13H27N/c1-11(2)8-9-12(3)14-10-13-6-4-5-7-13/h11-14H,4-10H2,1-3H3. The molecule has 0 aromatic carbocycles. The van der Waals surface area contributed by atoms with E-state index in [9.17, 15) is 0 Å². The smallest absolute Gasteiger partial charge is 0.00389 e. The lowest BCUT2D eigenvalue weighted by atomic mass is 10.0. The van der Waals surface area contributed by atoms with Gasteiger partial charge in [-0.05, 0) is 51.0 Å². The number of rotatable bonds is 6. The predicted molar refractivity (Wildman–Crippen MR) is 63.5 cm³/mol. The van der Waals surface area contributed by atoms with Crippen molar-refractivity contribution in [3.05, 3.63) is 0 Å². The molecule has 1 atom stereocenters. The van der Waals surface area contributed by atoms with Crippen molar-refractivity contribution < 1.29 is 0 Å². The highest BCUT2D eigenvalue weighted by molar-refractivity contribution is 4.71. The van der Waals surface area contributed by atoms with Crippen molar-refractivity contribution in [2.75, 3.05) is 6.54 Å². The Morgan fingerprint density at radius 3 is 2.29 bits per heavy atom. The lowest BCUT2D eigenvalue weighted by Crippen LogP contribution is -2.30. The largest absolute Gasteiger partial charge is 0.314 e. The van der Waals surface area contributed by atoms with E-state index in [1.807, 2.05) is 0 Å². The molecule has 0 aromatic heterocycles. The van der Waals surface area contributed by atoms with Gasteiger partial charge in [0, 0.05) is 6.04 Å². The molecule has 1 unspecified atom stereocenters. The van der Waals surface area contributed by atoms with E-state index in [2.05, 4.69) is 26.1 Å². The van der Waals surface area contributed by atoms with Crippen LogP contribution in [0.2, 0.25) is 0 Å². The average molecular weight is 197 g/mol. The van der Waals surface area contributed by atoms with Crippen LogP contribution in [0.1, 0.15) is 59.3 Å². The van der Waals surface area contributed by atoms with Crippen molar-refractivity contribution >= 4 is 0 Å². The summed E-state index contributed by atoms with van der Waals surface area (Å²) in [5, 5.41) is 3.68. The van der Waals surface area contributed by atoms with E-state index >= 15 is 0 Å². The molecule has 1 heteroatoms. The Morgan fingerprint density at radius 1 is 1.07 bits per heavy atom. The van der Waals surface area contributed by atoms with E-state index < -0.39 is 0 Å². The van der Waals surface area contributed by atoms with E-state index in [-0.39, 0.29) is 0 Å². The van der Waals surface area contributed by atoms with Gasteiger partial charge in [-0.3, -0.25) is 0 Å². The second-order valence-corrected chi connectivity index (χ2v) is 5.43. The van der Waals surface area contributed by atoms with Gasteiger partial charge in [-0.2, -0.15) is 0 Å². The summed E-state index contributed by atoms with van der Waals surface area (Å²) in [6.45, 7) is 8.21. The number of nitrogens with one attached hydrogen (secondary N) is 1.